The fraction of sp³-hybridized carbons (Fsp3) is 0.400. The lowest BCUT2D eigenvalue weighted by molar-refractivity contribution is 0.102. The average Bonchev–Trinajstić information content (AvgIpc) is 2.81. The van der Waals surface area contributed by atoms with Crippen LogP contribution in [0.4, 0.5) is 11.5 Å². The average molecular weight is 287 g/mol. The summed E-state index contributed by atoms with van der Waals surface area (Å²) in [6.07, 6.45) is 3.43. The topological polar surface area (TPSA) is 85.8 Å². The van der Waals surface area contributed by atoms with Crippen molar-refractivity contribution in [2.45, 2.75) is 39.7 Å². The molecule has 21 heavy (non-hydrogen) atoms. The van der Waals surface area contributed by atoms with E-state index in [4.69, 9.17) is 5.73 Å². The molecule has 112 valence electrons. The van der Waals surface area contributed by atoms with Gasteiger partial charge < -0.3 is 11.1 Å². The molecule has 0 aliphatic heterocycles. The van der Waals surface area contributed by atoms with Crippen molar-refractivity contribution in [3.63, 3.8) is 0 Å². The lowest BCUT2D eigenvalue weighted by Crippen LogP contribution is -2.19. The summed E-state index contributed by atoms with van der Waals surface area (Å²) in [4.78, 5) is 16.3. The molecule has 2 rings (SSSR count). The number of nitrogens with one attached hydrogen (secondary N) is 1. The van der Waals surface area contributed by atoms with Crippen LogP contribution in [0, 0.1) is 6.92 Å². The number of hydrogen-bond donors (Lipinski definition) is 2. The van der Waals surface area contributed by atoms with Gasteiger partial charge in [-0.05, 0) is 31.9 Å². The van der Waals surface area contributed by atoms with Gasteiger partial charge in [-0.25, -0.2) is 4.68 Å². The van der Waals surface area contributed by atoms with Crippen LogP contribution in [0.1, 0.15) is 48.9 Å². The fourth-order valence-corrected chi connectivity index (χ4v) is 2.27. The van der Waals surface area contributed by atoms with Crippen LogP contribution in [0.3, 0.4) is 0 Å². The molecule has 2 heterocycles. The Labute approximate surface area is 124 Å². The molecule has 0 bridgehead atoms. The Balaban J connectivity index is 2.25. The van der Waals surface area contributed by atoms with Crippen molar-refractivity contribution < 1.29 is 4.79 Å². The molecule has 3 N–H and O–H groups in total. The molecule has 1 amide bonds. The first-order chi connectivity index (χ1) is 10.0. The van der Waals surface area contributed by atoms with Crippen LogP contribution in [0.25, 0.3) is 0 Å². The minimum absolute atomic E-state index is 0.266. The number of anilines is 2. The first-order valence-corrected chi connectivity index (χ1v) is 7.14. The second-order valence-corrected chi connectivity index (χ2v) is 5.01. The molecular formula is C15H21N5O. The minimum Gasteiger partial charge on any atom is -0.399 e. The van der Waals surface area contributed by atoms with Crippen molar-refractivity contribution in [2.24, 2.45) is 0 Å². The third-order valence-corrected chi connectivity index (χ3v) is 3.40. The van der Waals surface area contributed by atoms with E-state index >= 15 is 0 Å². The number of rotatable bonds is 5. The SMILES string of the molecule is CCC(CC)n1nc(C)cc1NC(=O)c1cc(N)ccn1. The van der Waals surface area contributed by atoms with Gasteiger partial charge in [0.15, 0.2) is 0 Å². The molecule has 0 aliphatic carbocycles. The molecule has 0 saturated heterocycles. The van der Waals surface area contributed by atoms with E-state index in [0.717, 1.165) is 18.5 Å². The van der Waals surface area contributed by atoms with Crippen LogP contribution in [-0.2, 0) is 0 Å². The summed E-state index contributed by atoms with van der Waals surface area (Å²) in [5.74, 6) is 0.407. The van der Waals surface area contributed by atoms with Crippen LogP contribution < -0.4 is 11.1 Å². The quantitative estimate of drug-likeness (QED) is 0.885. The lowest BCUT2D eigenvalue weighted by atomic mass is 10.2. The van der Waals surface area contributed by atoms with Gasteiger partial charge in [0.25, 0.3) is 5.91 Å². The molecular weight excluding hydrogens is 266 g/mol. The van der Waals surface area contributed by atoms with Gasteiger partial charge in [-0.15, -0.1) is 0 Å². The van der Waals surface area contributed by atoms with Crippen LogP contribution in [0.2, 0.25) is 0 Å². The highest BCUT2D eigenvalue weighted by molar-refractivity contribution is 6.02. The van der Waals surface area contributed by atoms with E-state index in [2.05, 4.69) is 29.2 Å². The first kappa shape index (κ1) is 15.0. The normalized spacial score (nSPS) is 10.9. The van der Waals surface area contributed by atoms with Crippen LogP contribution >= 0.6 is 0 Å². The zero-order valence-electron chi connectivity index (χ0n) is 12.6. The number of nitrogens with two attached hydrogens (primary N) is 1. The highest BCUT2D eigenvalue weighted by atomic mass is 16.2. The second-order valence-electron chi connectivity index (χ2n) is 5.01. The summed E-state index contributed by atoms with van der Waals surface area (Å²) in [5, 5.41) is 7.34. The minimum atomic E-state index is -0.283. The second kappa shape index (κ2) is 6.39. The largest absolute Gasteiger partial charge is 0.399 e. The highest BCUT2D eigenvalue weighted by Crippen LogP contribution is 2.22. The number of nitrogens with zero attached hydrogens (tertiary/aromatic N) is 3. The Kier molecular flexibility index (Phi) is 4.57. The summed E-state index contributed by atoms with van der Waals surface area (Å²) in [6, 6.07) is 5.33. The molecule has 6 heteroatoms. The lowest BCUT2D eigenvalue weighted by Gasteiger charge is -2.16. The van der Waals surface area contributed by atoms with Gasteiger partial charge in [0.05, 0.1) is 11.7 Å². The standard InChI is InChI=1S/C15H21N5O/c1-4-12(5-2)20-14(8-10(3)19-20)18-15(21)13-9-11(16)6-7-17-13/h6-9,12H,4-5H2,1-3H3,(H2,16,17)(H,18,21). The number of hydrogen-bond acceptors (Lipinski definition) is 4. The van der Waals surface area contributed by atoms with Crippen LogP contribution in [0.5, 0.6) is 0 Å². The fourth-order valence-electron chi connectivity index (χ4n) is 2.27. The van der Waals surface area contributed by atoms with E-state index in [1.807, 2.05) is 17.7 Å². The predicted octanol–water partition coefficient (Wildman–Crippen LogP) is 2.78. The van der Waals surface area contributed by atoms with Crippen molar-refractivity contribution in [2.75, 3.05) is 11.1 Å². The Bertz CT molecular complexity index is 631. The molecule has 0 unspecified atom stereocenters. The Morgan fingerprint density at radius 3 is 2.71 bits per heavy atom. The van der Waals surface area contributed by atoms with Crippen molar-refractivity contribution in [1.82, 2.24) is 14.8 Å². The molecule has 2 aromatic heterocycles. The molecule has 6 nitrogen and oxygen atoms in total. The van der Waals surface area contributed by atoms with Gasteiger partial charge in [-0.1, -0.05) is 13.8 Å². The van der Waals surface area contributed by atoms with Crippen LogP contribution in [0.15, 0.2) is 24.4 Å². The maximum Gasteiger partial charge on any atom is 0.275 e. The first-order valence-electron chi connectivity index (χ1n) is 7.14. The number of carbonyl (C=O) groups is 1. The van der Waals surface area contributed by atoms with E-state index in [0.29, 0.717) is 17.2 Å². The maximum absolute atomic E-state index is 12.3. The van der Waals surface area contributed by atoms with E-state index in [9.17, 15) is 4.79 Å². The molecule has 2 aromatic rings. The monoisotopic (exact) mass is 287 g/mol. The number of pyridine rings is 1. The predicted molar refractivity (Wildman–Crippen MR) is 83.2 cm³/mol. The van der Waals surface area contributed by atoms with Gasteiger partial charge in [-0.2, -0.15) is 5.10 Å². The van der Waals surface area contributed by atoms with Crippen molar-refractivity contribution in [1.29, 1.82) is 0 Å². The zero-order valence-corrected chi connectivity index (χ0v) is 12.6. The molecule has 0 aliphatic rings. The van der Waals surface area contributed by atoms with Crippen molar-refractivity contribution in [3.8, 4) is 0 Å². The van der Waals surface area contributed by atoms with E-state index in [1.54, 1.807) is 12.1 Å². The van der Waals surface area contributed by atoms with Crippen molar-refractivity contribution in [3.05, 3.63) is 35.8 Å². The summed E-state index contributed by atoms with van der Waals surface area (Å²) in [7, 11) is 0. The molecule has 0 radical (unpaired) electrons. The summed E-state index contributed by atoms with van der Waals surface area (Å²) < 4.78 is 1.87. The van der Waals surface area contributed by atoms with Gasteiger partial charge >= 0.3 is 0 Å². The molecule has 0 fully saturated rings. The number of aromatic nitrogens is 3. The molecule has 0 aromatic carbocycles. The third-order valence-electron chi connectivity index (χ3n) is 3.40. The number of aryl methyl sites for hydroxylation is 1. The molecule has 0 saturated carbocycles. The smallest absolute Gasteiger partial charge is 0.275 e. The maximum atomic E-state index is 12.3. The molecule has 0 spiro atoms. The Hall–Kier alpha value is -2.37. The summed E-state index contributed by atoms with van der Waals surface area (Å²) in [6.45, 7) is 6.12. The summed E-state index contributed by atoms with van der Waals surface area (Å²) in [5.41, 5.74) is 7.36. The number of carbonyl (C=O) groups excluding carboxylic acids is 1. The summed E-state index contributed by atoms with van der Waals surface area (Å²) >= 11 is 0. The van der Waals surface area contributed by atoms with Crippen LogP contribution in [-0.4, -0.2) is 20.7 Å². The van der Waals surface area contributed by atoms with E-state index in [-0.39, 0.29) is 11.9 Å². The Morgan fingerprint density at radius 2 is 2.10 bits per heavy atom. The van der Waals surface area contributed by atoms with Gasteiger partial charge in [0.2, 0.25) is 0 Å². The van der Waals surface area contributed by atoms with E-state index < -0.39 is 0 Å². The third kappa shape index (κ3) is 3.39. The Morgan fingerprint density at radius 1 is 1.38 bits per heavy atom. The highest BCUT2D eigenvalue weighted by Gasteiger charge is 2.16. The van der Waals surface area contributed by atoms with E-state index in [1.165, 1.54) is 6.20 Å². The number of nitrogen functional groups attached to an aromatic ring is 1. The van der Waals surface area contributed by atoms with Gasteiger partial charge in [0, 0.05) is 18.0 Å². The van der Waals surface area contributed by atoms with Crippen molar-refractivity contribution >= 4 is 17.4 Å². The molecule has 0 atom stereocenters. The number of amides is 1. The van der Waals surface area contributed by atoms with Gasteiger partial charge in [-0.3, -0.25) is 9.78 Å². The zero-order chi connectivity index (χ0) is 15.4. The van der Waals surface area contributed by atoms with Gasteiger partial charge in [0.1, 0.15) is 11.5 Å².